The van der Waals surface area contributed by atoms with Gasteiger partial charge in [0.05, 0.1) is 31.4 Å². The molecule has 4 rings (SSSR count). The van der Waals surface area contributed by atoms with Crippen molar-refractivity contribution in [1.82, 2.24) is 9.55 Å². The van der Waals surface area contributed by atoms with E-state index < -0.39 is 0 Å². The van der Waals surface area contributed by atoms with E-state index in [4.69, 9.17) is 23.9 Å². The van der Waals surface area contributed by atoms with E-state index in [-0.39, 0.29) is 0 Å². The molecule has 0 unspecified atom stereocenters. The Kier molecular flexibility index (Phi) is 5.81. The van der Waals surface area contributed by atoms with Crippen molar-refractivity contribution in [2.24, 2.45) is 0 Å². The van der Waals surface area contributed by atoms with E-state index in [1.165, 1.54) is 0 Å². The summed E-state index contributed by atoms with van der Waals surface area (Å²) in [5.74, 6) is 2.18. The molecule has 2 aromatic carbocycles. The van der Waals surface area contributed by atoms with Crippen LogP contribution in [0.3, 0.4) is 0 Å². The molecule has 29 heavy (non-hydrogen) atoms. The maximum absolute atomic E-state index is 5.95. The second-order valence-electron chi connectivity index (χ2n) is 6.61. The van der Waals surface area contributed by atoms with Gasteiger partial charge in [0.25, 0.3) is 0 Å². The number of rotatable bonds is 4. The number of imidazole rings is 1. The first kappa shape index (κ1) is 19.1. The summed E-state index contributed by atoms with van der Waals surface area (Å²) in [4.78, 5) is 4.71. The Morgan fingerprint density at radius 2 is 1.86 bits per heavy atom. The summed E-state index contributed by atoms with van der Waals surface area (Å²) in [5, 5.41) is 0. The van der Waals surface area contributed by atoms with Crippen LogP contribution in [0, 0.1) is 0 Å². The average molecular weight is 392 g/mol. The van der Waals surface area contributed by atoms with Crippen LogP contribution in [0.4, 0.5) is 0 Å². The third kappa shape index (κ3) is 4.12. The third-order valence-electron chi connectivity index (χ3n) is 4.77. The molecule has 0 aliphatic carbocycles. The molecule has 150 valence electrons. The van der Waals surface area contributed by atoms with Crippen molar-refractivity contribution >= 4 is 0 Å². The van der Waals surface area contributed by atoms with Crippen LogP contribution >= 0.6 is 0 Å². The molecule has 0 N–H and O–H groups in total. The highest BCUT2D eigenvalue weighted by Gasteiger charge is 2.18. The van der Waals surface area contributed by atoms with E-state index in [9.17, 15) is 0 Å². The average Bonchev–Trinajstić information content (AvgIpc) is 3.18. The number of methoxy groups -OCH3 is 2. The van der Waals surface area contributed by atoms with Gasteiger partial charge >= 0.3 is 0 Å². The lowest BCUT2D eigenvalue weighted by molar-refractivity contribution is 0.187. The van der Waals surface area contributed by atoms with E-state index in [1.54, 1.807) is 14.2 Å². The lowest BCUT2D eigenvalue weighted by Crippen LogP contribution is -2.05. The number of hydrogen-bond acceptors (Lipinski definition) is 5. The van der Waals surface area contributed by atoms with Gasteiger partial charge in [-0.2, -0.15) is 0 Å². The summed E-state index contributed by atoms with van der Waals surface area (Å²) in [7, 11) is 3.34. The Morgan fingerprint density at radius 1 is 1.00 bits per heavy atom. The topological polar surface area (TPSA) is 54.7 Å². The summed E-state index contributed by atoms with van der Waals surface area (Å²) in [6, 6.07) is 14.0. The first-order chi connectivity index (χ1) is 14.3. The highest BCUT2D eigenvalue weighted by atomic mass is 16.5. The first-order valence-electron chi connectivity index (χ1n) is 9.53. The van der Waals surface area contributed by atoms with E-state index in [0.717, 1.165) is 28.3 Å². The van der Waals surface area contributed by atoms with Crippen LogP contribution in [0.15, 0.2) is 60.9 Å². The molecule has 0 fully saturated rings. The lowest BCUT2D eigenvalue weighted by atomic mass is 10.0. The molecule has 6 nitrogen and oxygen atoms in total. The number of benzene rings is 2. The van der Waals surface area contributed by atoms with Crippen LogP contribution in [-0.4, -0.2) is 43.6 Å². The molecule has 0 spiro atoms. The summed E-state index contributed by atoms with van der Waals surface area (Å²) in [5.41, 5.74) is 3.87. The quantitative estimate of drug-likeness (QED) is 0.623. The van der Waals surface area contributed by atoms with Gasteiger partial charge in [-0.15, -0.1) is 0 Å². The van der Waals surface area contributed by atoms with Gasteiger partial charge in [0.2, 0.25) is 0 Å². The maximum Gasteiger partial charge on any atom is 0.162 e. The Morgan fingerprint density at radius 3 is 2.69 bits per heavy atom. The predicted molar refractivity (Wildman–Crippen MR) is 112 cm³/mol. The van der Waals surface area contributed by atoms with E-state index in [0.29, 0.717) is 37.9 Å². The van der Waals surface area contributed by atoms with Crippen molar-refractivity contribution in [2.75, 3.05) is 34.0 Å². The molecule has 2 heterocycles. The Labute approximate surface area is 170 Å². The lowest BCUT2D eigenvalue weighted by Gasteiger charge is -2.15. The molecule has 0 atom stereocenters. The van der Waals surface area contributed by atoms with Crippen LogP contribution in [0.25, 0.3) is 22.5 Å². The molecule has 0 saturated heterocycles. The van der Waals surface area contributed by atoms with Gasteiger partial charge in [0, 0.05) is 24.8 Å². The molecule has 1 aliphatic rings. The van der Waals surface area contributed by atoms with E-state index in [1.807, 2.05) is 60.9 Å². The summed E-state index contributed by atoms with van der Waals surface area (Å²) < 4.78 is 24.7. The van der Waals surface area contributed by atoms with Crippen molar-refractivity contribution in [3.05, 3.63) is 60.9 Å². The fraction of sp³-hybridized carbons (Fsp3) is 0.261. The van der Waals surface area contributed by atoms with Gasteiger partial charge in [0.15, 0.2) is 11.5 Å². The summed E-state index contributed by atoms with van der Waals surface area (Å²) in [6.07, 6.45) is 5.73. The number of ether oxygens (including phenoxy) is 4. The number of hydrogen-bond donors (Lipinski definition) is 0. The summed E-state index contributed by atoms with van der Waals surface area (Å²) in [6.45, 7) is 2.19. The van der Waals surface area contributed by atoms with Crippen molar-refractivity contribution < 1.29 is 18.9 Å². The van der Waals surface area contributed by atoms with Crippen LogP contribution < -0.4 is 14.2 Å². The van der Waals surface area contributed by atoms with Gasteiger partial charge in [-0.25, -0.2) is 4.98 Å². The first-order valence-corrected chi connectivity index (χ1v) is 9.53. The van der Waals surface area contributed by atoms with Crippen molar-refractivity contribution in [1.29, 1.82) is 0 Å². The Hall–Kier alpha value is -3.25. The second kappa shape index (κ2) is 8.84. The van der Waals surface area contributed by atoms with Gasteiger partial charge in [-0.05, 0) is 42.5 Å². The number of aromatic nitrogens is 2. The Bertz CT molecular complexity index is 1010. The number of nitrogens with zero attached hydrogens (tertiary/aromatic N) is 2. The highest BCUT2D eigenvalue weighted by molar-refractivity contribution is 5.80. The van der Waals surface area contributed by atoms with Crippen LogP contribution in [0.2, 0.25) is 0 Å². The monoisotopic (exact) mass is 392 g/mol. The molecule has 1 aromatic heterocycles. The molecule has 0 amide bonds. The molecule has 0 radical (unpaired) electrons. The fourth-order valence-electron chi connectivity index (χ4n) is 3.34. The van der Waals surface area contributed by atoms with Gasteiger partial charge < -0.3 is 23.5 Å². The van der Waals surface area contributed by atoms with Crippen molar-refractivity contribution in [3.8, 4) is 39.8 Å². The van der Waals surface area contributed by atoms with Gasteiger partial charge in [-0.3, -0.25) is 0 Å². The highest BCUT2D eigenvalue weighted by Crippen LogP contribution is 2.37. The number of fused-ring (bicyclic) bond motifs is 7. The summed E-state index contributed by atoms with van der Waals surface area (Å²) >= 11 is 0. The zero-order valence-corrected chi connectivity index (χ0v) is 16.6. The molecular weight excluding hydrogens is 368 g/mol. The standard InChI is InChI=1S/C23H24N2O4/c1-26-13-10-25-16-24-22-17-6-5-7-19(14-17)28-11-3-4-12-29-21-15-18(23(22)25)8-9-20(21)27-2/h3-9,14-16H,10-13H2,1-2H3/b4-3-. The van der Waals surface area contributed by atoms with Crippen LogP contribution in [0.5, 0.6) is 17.2 Å². The predicted octanol–water partition coefficient (Wildman–Crippen LogP) is 4.20. The third-order valence-corrected chi connectivity index (χ3v) is 4.77. The molecule has 6 heteroatoms. The Balaban J connectivity index is 1.89. The maximum atomic E-state index is 5.95. The minimum absolute atomic E-state index is 0.430. The molecule has 4 bridgehead atoms. The zero-order chi connectivity index (χ0) is 20.1. The smallest absolute Gasteiger partial charge is 0.162 e. The van der Waals surface area contributed by atoms with Crippen molar-refractivity contribution in [3.63, 3.8) is 0 Å². The van der Waals surface area contributed by atoms with E-state index >= 15 is 0 Å². The fourth-order valence-corrected chi connectivity index (χ4v) is 3.34. The van der Waals surface area contributed by atoms with Crippen molar-refractivity contribution in [2.45, 2.75) is 6.54 Å². The van der Waals surface area contributed by atoms with E-state index in [2.05, 4.69) is 4.57 Å². The normalized spacial score (nSPS) is 14.1. The minimum Gasteiger partial charge on any atom is -0.493 e. The molecule has 0 saturated carbocycles. The largest absolute Gasteiger partial charge is 0.493 e. The second-order valence-corrected chi connectivity index (χ2v) is 6.61. The molecule has 3 aromatic rings. The van der Waals surface area contributed by atoms with Gasteiger partial charge in [0.1, 0.15) is 19.0 Å². The van der Waals surface area contributed by atoms with Crippen LogP contribution in [-0.2, 0) is 11.3 Å². The zero-order valence-electron chi connectivity index (χ0n) is 16.6. The van der Waals surface area contributed by atoms with Crippen LogP contribution in [0.1, 0.15) is 0 Å². The van der Waals surface area contributed by atoms with Gasteiger partial charge in [-0.1, -0.05) is 12.1 Å². The molecule has 1 aliphatic heterocycles. The molecular formula is C23H24N2O4. The SMILES string of the molecule is COCCn1cnc2c1-c1ccc(OC)c(c1)OC/C=C\COc1cccc-2c1. The minimum atomic E-state index is 0.430.